The lowest BCUT2D eigenvalue weighted by Gasteiger charge is -2.12. The van der Waals surface area contributed by atoms with Crippen LogP contribution < -0.4 is 11.1 Å². The number of nitrogens with zero attached hydrogens (tertiary/aromatic N) is 1. The summed E-state index contributed by atoms with van der Waals surface area (Å²) in [6.45, 7) is 0. The minimum absolute atomic E-state index is 0.153. The Morgan fingerprint density at radius 3 is 2.72 bits per heavy atom. The van der Waals surface area contributed by atoms with Crippen LogP contribution in [-0.4, -0.2) is 35.6 Å². The van der Waals surface area contributed by atoms with Gasteiger partial charge in [0.1, 0.15) is 9.90 Å². The van der Waals surface area contributed by atoms with Gasteiger partial charge in [-0.1, -0.05) is 0 Å². The van der Waals surface area contributed by atoms with Gasteiger partial charge in [-0.05, 0) is 36.5 Å². The van der Waals surface area contributed by atoms with Gasteiger partial charge in [0.25, 0.3) is 0 Å². The van der Waals surface area contributed by atoms with Crippen LogP contribution in [0.2, 0.25) is 0 Å². The summed E-state index contributed by atoms with van der Waals surface area (Å²) >= 11 is 3.04. The van der Waals surface area contributed by atoms with E-state index in [0.717, 1.165) is 42.3 Å². The van der Waals surface area contributed by atoms with Gasteiger partial charge in [-0.15, -0.1) is 0 Å². The van der Waals surface area contributed by atoms with Crippen LogP contribution in [-0.2, 0) is 9.84 Å². The third-order valence-corrected chi connectivity index (χ3v) is 7.60. The van der Waals surface area contributed by atoms with Crippen molar-refractivity contribution in [1.29, 1.82) is 0 Å². The summed E-state index contributed by atoms with van der Waals surface area (Å²) in [6.07, 6.45) is 2.55. The topological polar surface area (TPSA) is 85.1 Å². The summed E-state index contributed by atoms with van der Waals surface area (Å²) in [5.41, 5.74) is 5.74. The van der Waals surface area contributed by atoms with Crippen LogP contribution in [0.5, 0.6) is 0 Å². The van der Waals surface area contributed by atoms with E-state index in [1.807, 2.05) is 11.8 Å². The van der Waals surface area contributed by atoms with Crippen molar-refractivity contribution in [3.05, 3.63) is 0 Å². The lowest BCUT2D eigenvalue weighted by molar-refractivity contribution is 0.595. The molecule has 8 heteroatoms. The molecule has 1 unspecified atom stereocenters. The molecule has 2 heterocycles. The summed E-state index contributed by atoms with van der Waals surface area (Å²) in [4.78, 5) is 0.243. The molecule has 0 bridgehead atoms. The monoisotopic (exact) mass is 305 g/mol. The Morgan fingerprint density at radius 1 is 1.33 bits per heavy atom. The molecule has 3 rings (SSSR count). The molecule has 0 amide bonds. The second kappa shape index (κ2) is 4.57. The minimum atomic E-state index is -3.27. The summed E-state index contributed by atoms with van der Waals surface area (Å²) in [6, 6.07) is 0.336. The van der Waals surface area contributed by atoms with Crippen LogP contribution >= 0.6 is 23.3 Å². The van der Waals surface area contributed by atoms with Crippen molar-refractivity contribution in [3.63, 3.8) is 0 Å². The van der Waals surface area contributed by atoms with E-state index in [2.05, 4.69) is 9.69 Å². The van der Waals surface area contributed by atoms with E-state index in [4.69, 9.17) is 5.73 Å². The third-order valence-electron chi connectivity index (χ3n) is 3.19. The number of thioether (sulfide) groups is 1. The van der Waals surface area contributed by atoms with Gasteiger partial charge < -0.3 is 11.1 Å². The van der Waals surface area contributed by atoms with Crippen molar-refractivity contribution in [1.82, 2.24) is 4.37 Å². The highest BCUT2D eigenvalue weighted by Gasteiger charge is 2.41. The predicted octanol–water partition coefficient (Wildman–Crippen LogP) is 1.58. The van der Waals surface area contributed by atoms with Crippen LogP contribution in [0, 0.1) is 0 Å². The van der Waals surface area contributed by atoms with Gasteiger partial charge in [-0.2, -0.15) is 16.1 Å². The molecule has 2 aliphatic rings. The van der Waals surface area contributed by atoms with Crippen LogP contribution in [0.4, 0.5) is 10.8 Å². The predicted molar refractivity (Wildman–Crippen MR) is 76.1 cm³/mol. The fraction of sp³-hybridized carbons (Fsp3) is 0.700. The van der Waals surface area contributed by atoms with E-state index in [1.54, 1.807) is 0 Å². The lowest BCUT2D eigenvalue weighted by Crippen LogP contribution is -2.19. The molecular formula is C10H15N3O2S3. The molecule has 5 nitrogen and oxygen atoms in total. The largest absolute Gasteiger partial charge is 0.382 e. The van der Waals surface area contributed by atoms with Gasteiger partial charge in [0.05, 0.1) is 5.25 Å². The van der Waals surface area contributed by atoms with Gasteiger partial charge in [-0.25, -0.2) is 8.42 Å². The fourth-order valence-corrected chi connectivity index (χ4v) is 6.14. The maximum Gasteiger partial charge on any atom is 0.187 e. The van der Waals surface area contributed by atoms with E-state index in [9.17, 15) is 8.42 Å². The number of nitrogens with one attached hydrogen (secondary N) is 1. The molecule has 1 aliphatic heterocycles. The molecule has 2 fully saturated rings. The van der Waals surface area contributed by atoms with Crippen molar-refractivity contribution < 1.29 is 8.42 Å². The Bertz CT molecular complexity index is 545. The number of aromatic nitrogens is 1. The number of anilines is 2. The zero-order chi connectivity index (χ0) is 12.8. The van der Waals surface area contributed by atoms with Crippen LogP contribution in [0.3, 0.4) is 0 Å². The first-order chi connectivity index (χ1) is 8.59. The Kier molecular flexibility index (Phi) is 3.19. The second-order valence-electron chi connectivity index (χ2n) is 4.68. The fourth-order valence-electron chi connectivity index (χ4n) is 2.04. The molecule has 0 spiro atoms. The summed E-state index contributed by atoms with van der Waals surface area (Å²) < 4.78 is 28.6. The first-order valence-corrected chi connectivity index (χ1v) is 9.40. The van der Waals surface area contributed by atoms with Gasteiger partial charge in [0.15, 0.2) is 15.7 Å². The smallest absolute Gasteiger partial charge is 0.187 e. The molecule has 1 atom stereocenters. The molecule has 100 valence electrons. The van der Waals surface area contributed by atoms with E-state index in [-0.39, 0.29) is 16.0 Å². The zero-order valence-corrected chi connectivity index (χ0v) is 12.2. The number of sulfone groups is 1. The highest BCUT2D eigenvalue weighted by atomic mass is 32.2. The van der Waals surface area contributed by atoms with E-state index in [1.165, 1.54) is 0 Å². The second-order valence-corrected chi connectivity index (χ2v) is 8.76. The van der Waals surface area contributed by atoms with Crippen LogP contribution in [0.15, 0.2) is 4.90 Å². The Labute approximate surface area is 115 Å². The third kappa shape index (κ3) is 2.21. The van der Waals surface area contributed by atoms with Crippen molar-refractivity contribution in [2.45, 2.75) is 35.4 Å². The highest BCUT2D eigenvalue weighted by Crippen LogP contribution is 2.41. The van der Waals surface area contributed by atoms with Crippen LogP contribution in [0.1, 0.15) is 19.3 Å². The van der Waals surface area contributed by atoms with Crippen molar-refractivity contribution in [3.8, 4) is 0 Å². The van der Waals surface area contributed by atoms with Crippen LogP contribution in [0.25, 0.3) is 0 Å². The quantitative estimate of drug-likeness (QED) is 0.878. The molecule has 1 saturated heterocycles. The van der Waals surface area contributed by atoms with Gasteiger partial charge >= 0.3 is 0 Å². The normalized spacial score (nSPS) is 24.3. The molecule has 1 aliphatic carbocycles. The maximum absolute atomic E-state index is 12.3. The maximum atomic E-state index is 12.3. The van der Waals surface area contributed by atoms with Gasteiger partial charge in [0.2, 0.25) is 0 Å². The summed E-state index contributed by atoms with van der Waals surface area (Å²) in [5, 5.41) is 3.69. The highest BCUT2D eigenvalue weighted by molar-refractivity contribution is 7.99. The standard InChI is InChI=1S/C10H15N3O2S3/c11-9-8(18(14,15)7-1-2-7)10(17-13-9)12-6-3-4-16-5-6/h6-7,12H,1-5H2,(H2,11,13). The van der Waals surface area contributed by atoms with E-state index < -0.39 is 9.84 Å². The molecular weight excluding hydrogens is 290 g/mol. The average molecular weight is 305 g/mol. The van der Waals surface area contributed by atoms with Crippen molar-refractivity contribution in [2.75, 3.05) is 22.6 Å². The van der Waals surface area contributed by atoms with Crippen molar-refractivity contribution in [2.24, 2.45) is 0 Å². The van der Waals surface area contributed by atoms with Gasteiger partial charge in [-0.3, -0.25) is 0 Å². The molecule has 18 heavy (non-hydrogen) atoms. The van der Waals surface area contributed by atoms with Crippen molar-refractivity contribution >= 4 is 44.0 Å². The molecule has 0 radical (unpaired) electrons. The molecule has 1 aromatic rings. The lowest BCUT2D eigenvalue weighted by atomic mass is 10.3. The number of hydrogen-bond acceptors (Lipinski definition) is 7. The van der Waals surface area contributed by atoms with E-state index >= 15 is 0 Å². The summed E-state index contributed by atoms with van der Waals surface area (Å²) in [7, 11) is -3.27. The molecule has 1 saturated carbocycles. The first-order valence-electron chi connectivity index (χ1n) is 5.92. The Morgan fingerprint density at radius 2 is 2.11 bits per heavy atom. The average Bonchev–Trinajstić information content (AvgIpc) is 2.96. The number of hydrogen-bond donors (Lipinski definition) is 2. The number of nitrogen functional groups attached to an aromatic ring is 1. The molecule has 3 N–H and O–H groups in total. The Hall–Kier alpha value is -0.470. The number of rotatable bonds is 4. The van der Waals surface area contributed by atoms with Gasteiger partial charge in [0, 0.05) is 11.8 Å². The first kappa shape index (κ1) is 12.6. The number of nitrogens with two attached hydrogens (primary N) is 1. The zero-order valence-electron chi connectivity index (χ0n) is 9.76. The minimum Gasteiger partial charge on any atom is -0.382 e. The SMILES string of the molecule is Nc1nsc(NC2CCSC2)c1S(=O)(=O)C1CC1. The molecule has 0 aromatic carbocycles. The summed E-state index contributed by atoms with van der Waals surface area (Å²) in [5.74, 6) is 2.29. The molecule has 1 aromatic heterocycles. The Balaban J connectivity index is 1.90. The van der Waals surface area contributed by atoms with E-state index in [0.29, 0.717) is 11.0 Å².